The lowest BCUT2D eigenvalue weighted by Gasteiger charge is -2.15. The fourth-order valence-electron chi connectivity index (χ4n) is 3.95. The monoisotopic (exact) mass is 369 g/mol. The molecule has 2 aromatic rings. The summed E-state index contributed by atoms with van der Waals surface area (Å²) < 4.78 is 16.4. The molecule has 0 amide bonds. The molecule has 1 fully saturated rings. The Morgan fingerprint density at radius 1 is 1.15 bits per heavy atom. The van der Waals surface area contributed by atoms with E-state index in [-0.39, 0.29) is 0 Å². The maximum atomic E-state index is 5.62. The zero-order valence-electron chi connectivity index (χ0n) is 16.1. The van der Waals surface area contributed by atoms with Crippen LogP contribution in [0.4, 0.5) is 5.82 Å². The lowest BCUT2D eigenvalue weighted by atomic mass is 10.0. The fraction of sp³-hybridized carbons (Fsp3) is 0.524. The highest BCUT2D eigenvalue weighted by atomic mass is 16.5. The summed E-state index contributed by atoms with van der Waals surface area (Å²) >= 11 is 0. The van der Waals surface area contributed by atoms with Crippen molar-refractivity contribution in [3.05, 3.63) is 46.4 Å². The van der Waals surface area contributed by atoms with Crippen LogP contribution in [-0.2, 0) is 35.5 Å². The molecular weight excluding hydrogens is 342 g/mol. The molecule has 6 nitrogen and oxygen atoms in total. The van der Waals surface area contributed by atoms with Gasteiger partial charge in [0.15, 0.2) is 5.82 Å². The van der Waals surface area contributed by atoms with Crippen LogP contribution in [0.3, 0.4) is 0 Å². The van der Waals surface area contributed by atoms with Gasteiger partial charge in [-0.2, -0.15) is 0 Å². The topological polar surface area (TPSA) is 65.5 Å². The van der Waals surface area contributed by atoms with Gasteiger partial charge in [0.05, 0.1) is 19.4 Å². The molecule has 4 rings (SSSR count). The molecule has 2 heterocycles. The minimum atomic E-state index is 0.332. The van der Waals surface area contributed by atoms with Crippen molar-refractivity contribution in [1.82, 2.24) is 9.97 Å². The Hall–Kier alpha value is -2.18. The third-order valence-corrected chi connectivity index (χ3v) is 5.37. The van der Waals surface area contributed by atoms with Crippen molar-refractivity contribution in [2.75, 3.05) is 32.8 Å². The first-order valence-corrected chi connectivity index (χ1v) is 9.64. The standard InChI is InChI=1S/C21H27N3O3/c1-25-13-21-23-18(16-6-7-27-12-16)10-20(24-21)22-11-17-8-14-4-3-5-15(14)9-19(17)26-2/h8-10,16H,3-7,11-13H2,1-2H3,(H,22,23,24)/t16-/m1/s1. The molecule has 0 saturated carbocycles. The molecule has 1 atom stereocenters. The van der Waals surface area contributed by atoms with E-state index in [1.165, 1.54) is 17.5 Å². The van der Waals surface area contributed by atoms with E-state index in [2.05, 4.69) is 27.4 Å². The number of fused-ring (bicyclic) bond motifs is 1. The third kappa shape index (κ3) is 4.06. The first-order valence-electron chi connectivity index (χ1n) is 9.64. The van der Waals surface area contributed by atoms with Crippen LogP contribution >= 0.6 is 0 Å². The van der Waals surface area contributed by atoms with E-state index in [0.717, 1.165) is 55.3 Å². The van der Waals surface area contributed by atoms with Crippen molar-refractivity contribution in [2.45, 2.75) is 44.8 Å². The molecular formula is C21H27N3O3. The van der Waals surface area contributed by atoms with Crippen LogP contribution in [-0.4, -0.2) is 37.4 Å². The van der Waals surface area contributed by atoms with E-state index in [0.29, 0.717) is 24.9 Å². The molecule has 144 valence electrons. The van der Waals surface area contributed by atoms with Gasteiger partial charge < -0.3 is 19.5 Å². The summed E-state index contributed by atoms with van der Waals surface area (Å²) in [5.74, 6) is 2.80. The SMILES string of the molecule is COCc1nc(NCc2cc3c(cc2OC)CCC3)cc([C@@H]2CCOC2)n1. The summed E-state index contributed by atoms with van der Waals surface area (Å²) in [6.07, 6.45) is 4.54. The molecule has 27 heavy (non-hydrogen) atoms. The number of anilines is 1. The molecule has 0 radical (unpaired) electrons. The Morgan fingerprint density at radius 3 is 2.74 bits per heavy atom. The number of hydrogen-bond donors (Lipinski definition) is 1. The lowest BCUT2D eigenvalue weighted by Crippen LogP contribution is -2.10. The first kappa shape index (κ1) is 18.2. The summed E-state index contributed by atoms with van der Waals surface area (Å²) in [5.41, 5.74) is 5.05. The number of aryl methyl sites for hydroxylation is 2. The Bertz CT molecular complexity index is 803. The quantitative estimate of drug-likeness (QED) is 0.808. The van der Waals surface area contributed by atoms with Crippen molar-refractivity contribution in [3.8, 4) is 5.75 Å². The number of benzene rings is 1. The van der Waals surface area contributed by atoms with Gasteiger partial charge in [0.25, 0.3) is 0 Å². The highest BCUT2D eigenvalue weighted by Crippen LogP contribution is 2.31. The molecule has 0 unspecified atom stereocenters. The van der Waals surface area contributed by atoms with Crippen molar-refractivity contribution >= 4 is 5.82 Å². The van der Waals surface area contributed by atoms with E-state index in [9.17, 15) is 0 Å². The van der Waals surface area contributed by atoms with Gasteiger partial charge in [-0.05, 0) is 42.9 Å². The van der Waals surface area contributed by atoms with Crippen LogP contribution in [0.5, 0.6) is 5.75 Å². The Kier molecular flexibility index (Phi) is 5.55. The van der Waals surface area contributed by atoms with E-state index in [4.69, 9.17) is 14.2 Å². The number of ether oxygens (including phenoxy) is 3. The smallest absolute Gasteiger partial charge is 0.156 e. The van der Waals surface area contributed by atoms with Crippen LogP contribution in [0, 0.1) is 0 Å². The molecule has 1 aliphatic heterocycles. The maximum absolute atomic E-state index is 5.62. The molecule has 0 bridgehead atoms. The minimum absolute atomic E-state index is 0.332. The molecule has 6 heteroatoms. The summed E-state index contributed by atoms with van der Waals surface area (Å²) in [6, 6.07) is 6.51. The zero-order valence-corrected chi connectivity index (χ0v) is 16.1. The van der Waals surface area contributed by atoms with Crippen molar-refractivity contribution in [1.29, 1.82) is 0 Å². The predicted octanol–water partition coefficient (Wildman–Crippen LogP) is 3.24. The largest absolute Gasteiger partial charge is 0.496 e. The summed E-state index contributed by atoms with van der Waals surface area (Å²) in [6.45, 7) is 2.59. The van der Waals surface area contributed by atoms with Gasteiger partial charge in [-0.15, -0.1) is 0 Å². The van der Waals surface area contributed by atoms with Crippen LogP contribution in [0.2, 0.25) is 0 Å². The van der Waals surface area contributed by atoms with Gasteiger partial charge >= 0.3 is 0 Å². The zero-order chi connectivity index (χ0) is 18.6. The van der Waals surface area contributed by atoms with Crippen LogP contribution in [0.25, 0.3) is 0 Å². The molecule has 1 aromatic carbocycles. The lowest BCUT2D eigenvalue weighted by molar-refractivity contribution is 0.177. The number of nitrogens with zero attached hydrogens (tertiary/aromatic N) is 2. The van der Waals surface area contributed by atoms with Gasteiger partial charge in [-0.25, -0.2) is 9.97 Å². The van der Waals surface area contributed by atoms with E-state index >= 15 is 0 Å². The molecule has 1 aromatic heterocycles. The fourth-order valence-corrected chi connectivity index (χ4v) is 3.95. The van der Waals surface area contributed by atoms with Crippen LogP contribution in [0.1, 0.15) is 47.0 Å². The van der Waals surface area contributed by atoms with Crippen LogP contribution < -0.4 is 10.1 Å². The first-order chi connectivity index (χ1) is 13.3. The van der Waals surface area contributed by atoms with Crippen molar-refractivity contribution in [2.24, 2.45) is 0 Å². The third-order valence-electron chi connectivity index (χ3n) is 5.37. The molecule has 1 saturated heterocycles. The van der Waals surface area contributed by atoms with Gasteiger partial charge in [0.1, 0.15) is 18.2 Å². The summed E-state index contributed by atoms with van der Waals surface area (Å²) in [7, 11) is 3.40. The van der Waals surface area contributed by atoms with Gasteiger partial charge in [0, 0.05) is 37.8 Å². The van der Waals surface area contributed by atoms with E-state index in [1.807, 2.05) is 6.07 Å². The second kappa shape index (κ2) is 8.23. The molecule has 0 spiro atoms. The number of rotatable bonds is 7. The predicted molar refractivity (Wildman–Crippen MR) is 103 cm³/mol. The number of aromatic nitrogens is 2. The molecule has 1 N–H and O–H groups in total. The van der Waals surface area contributed by atoms with Gasteiger partial charge in [-0.1, -0.05) is 6.07 Å². The number of methoxy groups -OCH3 is 2. The highest BCUT2D eigenvalue weighted by molar-refractivity contribution is 5.47. The highest BCUT2D eigenvalue weighted by Gasteiger charge is 2.21. The average Bonchev–Trinajstić information content (AvgIpc) is 3.37. The Balaban J connectivity index is 1.55. The number of nitrogens with one attached hydrogen (secondary N) is 1. The van der Waals surface area contributed by atoms with E-state index < -0.39 is 0 Å². The average molecular weight is 369 g/mol. The Morgan fingerprint density at radius 2 is 2.00 bits per heavy atom. The van der Waals surface area contributed by atoms with Crippen molar-refractivity contribution < 1.29 is 14.2 Å². The molecule has 1 aliphatic carbocycles. The Labute approximate surface area is 160 Å². The minimum Gasteiger partial charge on any atom is -0.496 e. The van der Waals surface area contributed by atoms with Gasteiger partial charge in [0.2, 0.25) is 0 Å². The summed E-state index contributed by atoms with van der Waals surface area (Å²) in [5, 5.41) is 3.46. The second-order valence-corrected chi connectivity index (χ2v) is 7.23. The van der Waals surface area contributed by atoms with E-state index in [1.54, 1.807) is 14.2 Å². The van der Waals surface area contributed by atoms with Crippen LogP contribution in [0.15, 0.2) is 18.2 Å². The maximum Gasteiger partial charge on any atom is 0.156 e. The second-order valence-electron chi connectivity index (χ2n) is 7.23. The van der Waals surface area contributed by atoms with Gasteiger partial charge in [-0.3, -0.25) is 0 Å². The van der Waals surface area contributed by atoms with Crippen molar-refractivity contribution in [3.63, 3.8) is 0 Å². The molecule has 2 aliphatic rings. The number of hydrogen-bond acceptors (Lipinski definition) is 6. The summed E-state index contributed by atoms with van der Waals surface area (Å²) in [4.78, 5) is 9.27. The normalized spacial score (nSPS) is 18.5.